The van der Waals surface area contributed by atoms with Crippen LogP contribution in [0.2, 0.25) is 0 Å². The number of fused-ring (bicyclic) bond motifs is 1. The van der Waals surface area contributed by atoms with Crippen LogP contribution < -0.4 is 9.21 Å². The molecule has 0 atom stereocenters. The van der Waals surface area contributed by atoms with Crippen LogP contribution in [0, 0.1) is 6.92 Å². The molecule has 140 valence electrons. The highest BCUT2D eigenvalue weighted by Gasteiger charge is 2.27. The van der Waals surface area contributed by atoms with Gasteiger partial charge in [0.2, 0.25) is 10.0 Å². The van der Waals surface area contributed by atoms with Crippen LogP contribution in [0.25, 0.3) is 10.9 Å². The maximum Gasteiger partial charge on any atom is 0.272 e. The molecule has 3 rings (SSSR count). The van der Waals surface area contributed by atoms with E-state index in [9.17, 15) is 13.2 Å². The van der Waals surface area contributed by atoms with Gasteiger partial charge in [0.1, 0.15) is 0 Å². The van der Waals surface area contributed by atoms with Gasteiger partial charge in [0.25, 0.3) is 5.91 Å². The zero-order valence-electron chi connectivity index (χ0n) is 15.7. The van der Waals surface area contributed by atoms with Crippen LogP contribution in [0.1, 0.15) is 16.1 Å². The first kappa shape index (κ1) is 18.8. The summed E-state index contributed by atoms with van der Waals surface area (Å²) in [5, 5.41) is 0.765. The van der Waals surface area contributed by atoms with Crippen molar-refractivity contribution >= 4 is 38.2 Å². The number of amides is 1. The van der Waals surface area contributed by atoms with Crippen molar-refractivity contribution in [2.75, 3.05) is 29.6 Å². The van der Waals surface area contributed by atoms with Gasteiger partial charge in [-0.3, -0.25) is 9.78 Å². The van der Waals surface area contributed by atoms with Crippen molar-refractivity contribution in [3.63, 3.8) is 0 Å². The molecule has 1 heterocycles. The van der Waals surface area contributed by atoms with E-state index in [1.165, 1.54) is 0 Å². The van der Waals surface area contributed by atoms with Gasteiger partial charge >= 0.3 is 0 Å². The molecule has 2 aromatic carbocycles. The topological polar surface area (TPSA) is 70.6 Å². The van der Waals surface area contributed by atoms with Gasteiger partial charge in [-0.2, -0.15) is 0 Å². The maximum atomic E-state index is 13.1. The molecule has 6 nitrogen and oxygen atoms in total. The minimum Gasteiger partial charge on any atom is -0.378 e. The number of pyridine rings is 1. The lowest BCUT2D eigenvalue weighted by molar-refractivity contribution is 0.101. The number of benzene rings is 2. The lowest BCUT2D eigenvalue weighted by Gasteiger charge is -2.22. The van der Waals surface area contributed by atoms with E-state index in [0.29, 0.717) is 5.56 Å². The van der Waals surface area contributed by atoms with E-state index in [2.05, 4.69) is 4.98 Å². The fourth-order valence-electron chi connectivity index (χ4n) is 2.83. The van der Waals surface area contributed by atoms with E-state index < -0.39 is 15.9 Å². The molecular formula is C20H21N3O3S. The summed E-state index contributed by atoms with van der Waals surface area (Å²) in [6.07, 6.45) is 1.03. The molecule has 0 fully saturated rings. The maximum absolute atomic E-state index is 13.1. The SMILES string of the molecule is Cc1ccc2cc(N(C(=O)c3cccc(N(C)C)c3)S(C)(=O)=O)ccc2n1. The minimum atomic E-state index is -3.83. The van der Waals surface area contributed by atoms with Crippen LogP contribution in [-0.2, 0) is 10.0 Å². The second-order valence-electron chi connectivity index (χ2n) is 6.61. The second-order valence-corrected chi connectivity index (χ2v) is 8.44. The number of aryl methyl sites for hydroxylation is 1. The first-order valence-corrected chi connectivity index (χ1v) is 10.2. The molecule has 0 aliphatic rings. The summed E-state index contributed by atoms with van der Waals surface area (Å²) >= 11 is 0. The third-order valence-corrected chi connectivity index (χ3v) is 5.21. The zero-order valence-corrected chi connectivity index (χ0v) is 16.5. The largest absolute Gasteiger partial charge is 0.378 e. The molecule has 0 spiro atoms. The van der Waals surface area contributed by atoms with Gasteiger partial charge in [-0.15, -0.1) is 0 Å². The number of carbonyl (C=O) groups is 1. The van der Waals surface area contributed by atoms with Crippen molar-refractivity contribution in [2.45, 2.75) is 6.92 Å². The van der Waals surface area contributed by atoms with Gasteiger partial charge in [0, 0.05) is 36.4 Å². The van der Waals surface area contributed by atoms with Crippen LogP contribution in [-0.4, -0.2) is 39.7 Å². The van der Waals surface area contributed by atoms with Crippen molar-refractivity contribution in [1.82, 2.24) is 4.98 Å². The molecule has 1 aromatic heterocycles. The van der Waals surface area contributed by atoms with E-state index in [1.807, 2.05) is 44.1 Å². The van der Waals surface area contributed by atoms with Gasteiger partial charge in [0.05, 0.1) is 17.5 Å². The lowest BCUT2D eigenvalue weighted by Crippen LogP contribution is -2.36. The van der Waals surface area contributed by atoms with Crippen LogP contribution in [0.5, 0.6) is 0 Å². The summed E-state index contributed by atoms with van der Waals surface area (Å²) in [7, 11) is -0.111. The van der Waals surface area contributed by atoms with Gasteiger partial charge in [-0.1, -0.05) is 12.1 Å². The third-order valence-electron chi connectivity index (χ3n) is 4.17. The molecule has 27 heavy (non-hydrogen) atoms. The Morgan fingerprint density at radius 3 is 2.37 bits per heavy atom. The number of nitrogens with zero attached hydrogens (tertiary/aromatic N) is 3. The molecule has 0 radical (unpaired) electrons. The van der Waals surface area contributed by atoms with Crippen molar-refractivity contribution in [1.29, 1.82) is 0 Å². The summed E-state index contributed by atoms with van der Waals surface area (Å²) in [6.45, 7) is 1.89. The average molecular weight is 383 g/mol. The average Bonchev–Trinajstić information content (AvgIpc) is 2.60. The van der Waals surface area contributed by atoms with Gasteiger partial charge in [-0.25, -0.2) is 12.7 Å². The summed E-state index contributed by atoms with van der Waals surface area (Å²) in [5.74, 6) is -0.597. The number of hydrogen-bond acceptors (Lipinski definition) is 5. The first-order chi connectivity index (χ1) is 12.7. The summed E-state index contributed by atoms with van der Waals surface area (Å²) in [6, 6.07) is 15.6. The van der Waals surface area contributed by atoms with E-state index in [4.69, 9.17) is 0 Å². The normalized spacial score (nSPS) is 11.4. The van der Waals surface area contributed by atoms with E-state index in [-0.39, 0.29) is 5.69 Å². The van der Waals surface area contributed by atoms with Crippen LogP contribution in [0.3, 0.4) is 0 Å². The fourth-order valence-corrected chi connectivity index (χ4v) is 3.74. The molecule has 0 saturated heterocycles. The summed E-state index contributed by atoms with van der Waals surface area (Å²) in [5.41, 5.74) is 3.01. The van der Waals surface area contributed by atoms with Crippen molar-refractivity contribution in [3.05, 3.63) is 65.9 Å². The third kappa shape index (κ3) is 3.93. The molecule has 3 aromatic rings. The molecule has 7 heteroatoms. The molecule has 0 saturated carbocycles. The van der Waals surface area contributed by atoms with Crippen molar-refractivity contribution in [2.24, 2.45) is 0 Å². The quantitative estimate of drug-likeness (QED) is 0.692. The molecule has 0 unspecified atom stereocenters. The number of aromatic nitrogens is 1. The van der Waals surface area contributed by atoms with Gasteiger partial charge in [-0.05, 0) is 49.4 Å². The number of rotatable bonds is 4. The fraction of sp³-hybridized carbons (Fsp3) is 0.200. The lowest BCUT2D eigenvalue weighted by atomic mass is 10.1. The monoisotopic (exact) mass is 383 g/mol. The molecular weight excluding hydrogens is 362 g/mol. The Morgan fingerprint density at radius 1 is 0.963 bits per heavy atom. The Hall–Kier alpha value is -2.93. The smallest absolute Gasteiger partial charge is 0.272 e. The Balaban J connectivity index is 2.11. The number of hydrogen-bond donors (Lipinski definition) is 0. The summed E-state index contributed by atoms with van der Waals surface area (Å²) < 4.78 is 25.7. The molecule has 0 aliphatic carbocycles. The Bertz CT molecular complexity index is 1120. The molecule has 0 aliphatic heterocycles. The summed E-state index contributed by atoms with van der Waals surface area (Å²) in [4.78, 5) is 19.3. The number of carbonyl (C=O) groups excluding carboxylic acids is 1. The van der Waals surface area contributed by atoms with Crippen LogP contribution in [0.4, 0.5) is 11.4 Å². The van der Waals surface area contributed by atoms with E-state index in [0.717, 1.165) is 32.8 Å². The first-order valence-electron chi connectivity index (χ1n) is 8.36. The van der Waals surface area contributed by atoms with E-state index in [1.54, 1.807) is 36.4 Å². The van der Waals surface area contributed by atoms with E-state index >= 15 is 0 Å². The minimum absolute atomic E-state index is 0.288. The second kappa shape index (κ2) is 7.00. The Labute approximate surface area is 159 Å². The Morgan fingerprint density at radius 2 is 1.70 bits per heavy atom. The van der Waals surface area contributed by atoms with Crippen LogP contribution >= 0.6 is 0 Å². The molecule has 1 amide bonds. The number of anilines is 2. The predicted octanol–water partition coefficient (Wildman–Crippen LogP) is 3.22. The van der Waals surface area contributed by atoms with Gasteiger partial charge in [0.15, 0.2) is 0 Å². The van der Waals surface area contributed by atoms with Gasteiger partial charge < -0.3 is 4.90 Å². The Kier molecular flexibility index (Phi) is 4.89. The van der Waals surface area contributed by atoms with Crippen molar-refractivity contribution in [3.8, 4) is 0 Å². The predicted molar refractivity (Wildman–Crippen MR) is 109 cm³/mol. The molecule has 0 N–H and O–H groups in total. The standard InChI is InChI=1S/C20H21N3O3S/c1-14-8-9-15-12-18(10-11-19(15)21-14)23(27(4,25)26)20(24)16-6-5-7-17(13-16)22(2)3/h5-13H,1-4H3. The highest BCUT2D eigenvalue weighted by Crippen LogP contribution is 2.26. The van der Waals surface area contributed by atoms with Crippen LogP contribution in [0.15, 0.2) is 54.6 Å². The zero-order chi connectivity index (χ0) is 19.8. The highest BCUT2D eigenvalue weighted by molar-refractivity contribution is 7.92. The highest BCUT2D eigenvalue weighted by atomic mass is 32.2. The van der Waals surface area contributed by atoms with Crippen molar-refractivity contribution < 1.29 is 13.2 Å². The molecule has 0 bridgehead atoms. The number of sulfonamides is 1.